The van der Waals surface area contributed by atoms with E-state index in [0.717, 1.165) is 11.3 Å². The molecule has 0 saturated carbocycles. The molecule has 0 unspecified atom stereocenters. The summed E-state index contributed by atoms with van der Waals surface area (Å²) in [6.45, 7) is 3.70. The smallest absolute Gasteiger partial charge is 0.236 e. The van der Waals surface area contributed by atoms with E-state index in [-0.39, 0.29) is 11.8 Å². The number of anilines is 3. The molecule has 0 spiro atoms. The van der Waals surface area contributed by atoms with Crippen molar-refractivity contribution in [2.24, 2.45) is 0 Å². The van der Waals surface area contributed by atoms with Gasteiger partial charge in [-0.1, -0.05) is 35.5 Å². The largest absolute Gasteiger partial charge is 0.368 e. The number of thioether (sulfide) groups is 1. The summed E-state index contributed by atoms with van der Waals surface area (Å²) in [6.07, 6.45) is 0. The Kier molecular flexibility index (Phi) is 6.08. The summed E-state index contributed by atoms with van der Waals surface area (Å²) in [5.74, 6) is 2.47. The summed E-state index contributed by atoms with van der Waals surface area (Å²) < 4.78 is 19.0. The van der Waals surface area contributed by atoms with Gasteiger partial charge in [0.25, 0.3) is 0 Å². The number of aryl methyl sites for hydroxylation is 2. The molecule has 8 nitrogen and oxygen atoms in total. The zero-order valence-corrected chi connectivity index (χ0v) is 17.8. The molecule has 158 valence electrons. The summed E-state index contributed by atoms with van der Waals surface area (Å²) in [5, 5.41) is 7.10. The second-order valence-electron chi connectivity index (χ2n) is 6.84. The van der Waals surface area contributed by atoms with Gasteiger partial charge < -0.3 is 15.6 Å². The minimum Gasteiger partial charge on any atom is -0.368 e. The maximum Gasteiger partial charge on any atom is 0.236 e. The fraction of sp³-hybridized carbons (Fsp3) is 0.190. The summed E-state index contributed by atoms with van der Waals surface area (Å²) in [4.78, 5) is 17.1. The molecule has 2 aromatic heterocycles. The number of rotatable bonds is 7. The van der Waals surface area contributed by atoms with Crippen LogP contribution in [0.2, 0.25) is 0 Å². The molecule has 2 heterocycles. The van der Waals surface area contributed by atoms with Crippen molar-refractivity contribution < 1.29 is 8.91 Å². The van der Waals surface area contributed by atoms with Gasteiger partial charge in [-0.25, -0.2) is 4.39 Å². The van der Waals surface area contributed by atoms with Gasteiger partial charge in [-0.15, -0.1) is 11.8 Å². The van der Waals surface area contributed by atoms with E-state index in [0.29, 0.717) is 46.1 Å². The van der Waals surface area contributed by atoms with Gasteiger partial charge in [-0.3, -0.25) is 0 Å². The topological polar surface area (TPSA) is 116 Å². The molecule has 0 radical (unpaired) electrons. The summed E-state index contributed by atoms with van der Waals surface area (Å²) in [6, 6.07) is 12.7. The molecule has 4 aromatic rings. The fourth-order valence-electron chi connectivity index (χ4n) is 2.78. The Bertz CT molecular complexity index is 1210. The second kappa shape index (κ2) is 9.09. The number of aromatic nitrogens is 5. The number of nitrogens with two attached hydrogens (primary N) is 1. The number of halogens is 1. The first-order chi connectivity index (χ1) is 15.0. The Morgan fingerprint density at radius 2 is 1.84 bits per heavy atom. The van der Waals surface area contributed by atoms with E-state index in [4.69, 9.17) is 10.3 Å². The van der Waals surface area contributed by atoms with Crippen LogP contribution in [-0.2, 0) is 11.5 Å². The van der Waals surface area contributed by atoms with E-state index < -0.39 is 0 Å². The first-order valence-corrected chi connectivity index (χ1v) is 10.6. The maximum absolute atomic E-state index is 13.8. The highest BCUT2D eigenvalue weighted by atomic mass is 32.2. The van der Waals surface area contributed by atoms with E-state index in [1.54, 1.807) is 19.1 Å². The van der Waals surface area contributed by atoms with Crippen molar-refractivity contribution in [3.8, 4) is 11.4 Å². The molecule has 31 heavy (non-hydrogen) atoms. The highest BCUT2D eigenvalue weighted by Gasteiger charge is 2.12. The van der Waals surface area contributed by atoms with Crippen LogP contribution in [0.4, 0.5) is 22.0 Å². The van der Waals surface area contributed by atoms with Crippen LogP contribution in [0.1, 0.15) is 22.8 Å². The molecule has 0 aliphatic carbocycles. The number of hydrogen-bond acceptors (Lipinski definition) is 9. The number of nitrogen functional groups attached to an aromatic ring is 1. The molecule has 0 aliphatic rings. The fourth-order valence-corrected chi connectivity index (χ4v) is 3.49. The standard InChI is InChI=1S/C21H20FN7OS/c1-12-7-8-14(9-15(12)22)19-27-18(30-29-19)11-31-10-17-25-20(23)28-21(26-17)24-16-6-4-3-5-13(16)2/h3-9H,10-11H2,1-2H3,(H3,23,24,25,26,28). The summed E-state index contributed by atoms with van der Waals surface area (Å²) >= 11 is 1.49. The molecule has 0 atom stereocenters. The van der Waals surface area contributed by atoms with Gasteiger partial charge in [-0.2, -0.15) is 19.9 Å². The third kappa shape index (κ3) is 5.15. The molecule has 10 heteroatoms. The van der Waals surface area contributed by atoms with E-state index in [1.807, 2.05) is 31.2 Å². The zero-order valence-electron chi connectivity index (χ0n) is 17.0. The van der Waals surface area contributed by atoms with E-state index in [1.165, 1.54) is 17.8 Å². The van der Waals surface area contributed by atoms with E-state index >= 15 is 0 Å². The van der Waals surface area contributed by atoms with Crippen molar-refractivity contribution in [3.63, 3.8) is 0 Å². The average Bonchev–Trinajstić information content (AvgIpc) is 3.20. The van der Waals surface area contributed by atoms with Gasteiger partial charge in [0.1, 0.15) is 11.6 Å². The van der Waals surface area contributed by atoms with Crippen LogP contribution in [0.5, 0.6) is 0 Å². The van der Waals surface area contributed by atoms with Crippen molar-refractivity contribution >= 4 is 29.3 Å². The molecule has 0 aliphatic heterocycles. The quantitative estimate of drug-likeness (QED) is 0.433. The summed E-state index contributed by atoms with van der Waals surface area (Å²) in [5.41, 5.74) is 8.95. The minimum atomic E-state index is -0.305. The Morgan fingerprint density at radius 1 is 1.00 bits per heavy atom. The van der Waals surface area contributed by atoms with Gasteiger partial charge >= 0.3 is 0 Å². The monoisotopic (exact) mass is 437 g/mol. The molecular formula is C21H20FN7OS. The maximum atomic E-state index is 13.8. The van der Waals surface area contributed by atoms with E-state index in [9.17, 15) is 4.39 Å². The van der Waals surface area contributed by atoms with Crippen molar-refractivity contribution in [1.82, 2.24) is 25.1 Å². The molecule has 3 N–H and O–H groups in total. The second-order valence-corrected chi connectivity index (χ2v) is 7.83. The van der Waals surface area contributed by atoms with Gasteiger partial charge in [0.05, 0.1) is 11.5 Å². The van der Waals surface area contributed by atoms with Gasteiger partial charge in [0, 0.05) is 11.3 Å². The normalized spacial score (nSPS) is 10.9. The lowest BCUT2D eigenvalue weighted by atomic mass is 10.1. The van der Waals surface area contributed by atoms with Gasteiger partial charge in [-0.05, 0) is 37.1 Å². The highest BCUT2D eigenvalue weighted by Crippen LogP contribution is 2.22. The Hall–Kier alpha value is -3.53. The third-order valence-electron chi connectivity index (χ3n) is 4.45. The average molecular weight is 438 g/mol. The van der Waals surface area contributed by atoms with Crippen LogP contribution in [0.3, 0.4) is 0 Å². The first kappa shape index (κ1) is 20.7. The summed E-state index contributed by atoms with van der Waals surface area (Å²) in [7, 11) is 0. The van der Waals surface area contributed by atoms with Crippen molar-refractivity contribution in [2.75, 3.05) is 11.1 Å². The van der Waals surface area contributed by atoms with Crippen molar-refractivity contribution in [1.29, 1.82) is 0 Å². The van der Waals surface area contributed by atoms with Crippen LogP contribution in [0.15, 0.2) is 47.0 Å². The van der Waals surface area contributed by atoms with Gasteiger partial charge in [0.2, 0.25) is 23.6 Å². The minimum absolute atomic E-state index is 0.142. The molecule has 2 aromatic carbocycles. The van der Waals surface area contributed by atoms with Crippen LogP contribution in [-0.4, -0.2) is 25.1 Å². The SMILES string of the molecule is Cc1ccc(-c2noc(CSCc3nc(N)nc(Nc4ccccc4C)n3)n2)cc1F. The Morgan fingerprint density at radius 3 is 2.65 bits per heavy atom. The Balaban J connectivity index is 1.39. The van der Waals surface area contributed by atoms with Crippen LogP contribution >= 0.6 is 11.8 Å². The number of hydrogen-bond donors (Lipinski definition) is 2. The Labute approximate surface area is 182 Å². The van der Waals surface area contributed by atoms with Crippen molar-refractivity contribution in [2.45, 2.75) is 25.4 Å². The third-order valence-corrected chi connectivity index (χ3v) is 5.36. The lowest BCUT2D eigenvalue weighted by Gasteiger charge is -2.09. The van der Waals surface area contributed by atoms with E-state index in [2.05, 4.69) is 30.4 Å². The van der Waals surface area contributed by atoms with Gasteiger partial charge in [0.15, 0.2) is 0 Å². The number of benzene rings is 2. The first-order valence-electron chi connectivity index (χ1n) is 9.48. The highest BCUT2D eigenvalue weighted by molar-refractivity contribution is 7.97. The van der Waals surface area contributed by atoms with Crippen LogP contribution < -0.4 is 11.1 Å². The predicted molar refractivity (Wildman–Crippen MR) is 118 cm³/mol. The van der Waals surface area contributed by atoms with Crippen LogP contribution in [0, 0.1) is 19.7 Å². The number of nitrogens with one attached hydrogen (secondary N) is 1. The van der Waals surface area contributed by atoms with Crippen molar-refractivity contribution in [3.05, 3.63) is 71.1 Å². The molecule has 0 amide bonds. The molecular weight excluding hydrogens is 417 g/mol. The lowest BCUT2D eigenvalue weighted by molar-refractivity contribution is 0.391. The molecule has 0 bridgehead atoms. The number of nitrogens with zero attached hydrogens (tertiary/aromatic N) is 5. The number of para-hydroxylation sites is 1. The zero-order chi connectivity index (χ0) is 21.8. The molecule has 0 fully saturated rings. The van der Waals surface area contributed by atoms with Crippen LogP contribution in [0.25, 0.3) is 11.4 Å². The molecule has 4 rings (SSSR count). The molecule has 0 saturated heterocycles. The predicted octanol–water partition coefficient (Wildman–Crippen LogP) is 4.44. The lowest BCUT2D eigenvalue weighted by Crippen LogP contribution is -2.07.